The lowest BCUT2D eigenvalue weighted by atomic mass is 9.77. The number of phenols is 1. The van der Waals surface area contributed by atoms with Crippen LogP contribution in [0.1, 0.15) is 48.3 Å². The molecule has 0 bridgehead atoms. The monoisotopic (exact) mass is 491 g/mol. The molecule has 2 aromatic rings. The average molecular weight is 492 g/mol. The zero-order chi connectivity index (χ0) is 26.0. The van der Waals surface area contributed by atoms with Crippen LogP contribution in [-0.4, -0.2) is 59.3 Å². The first-order valence-electron chi connectivity index (χ1n) is 12.2. The maximum Gasteiger partial charge on any atom is 0.306 e. The lowest BCUT2D eigenvalue weighted by molar-refractivity contribution is -0.143. The second-order valence-electron chi connectivity index (χ2n) is 9.86. The summed E-state index contributed by atoms with van der Waals surface area (Å²) in [6.07, 6.45) is 2.76. The summed E-state index contributed by atoms with van der Waals surface area (Å²) in [4.78, 5) is 32.8. The number of carboxylic acids is 1. The number of hydrogen-bond acceptors (Lipinski definition) is 6. The van der Waals surface area contributed by atoms with Crippen LogP contribution in [0.15, 0.2) is 46.5 Å². The van der Waals surface area contributed by atoms with Gasteiger partial charge in [-0.3, -0.25) is 19.9 Å². The van der Waals surface area contributed by atoms with Gasteiger partial charge in [-0.2, -0.15) is 0 Å². The van der Waals surface area contributed by atoms with Gasteiger partial charge in [0.2, 0.25) is 5.84 Å². The van der Waals surface area contributed by atoms with Crippen molar-refractivity contribution in [2.45, 2.75) is 45.4 Å². The number of nitrogens with one attached hydrogen (secondary N) is 1. The van der Waals surface area contributed by atoms with Crippen LogP contribution in [0.2, 0.25) is 0 Å². The number of aromatic hydroxyl groups is 1. The number of carbonyl (C=O) groups excluding carboxylic acids is 1. The number of hydrogen-bond donors (Lipinski definition) is 3. The summed E-state index contributed by atoms with van der Waals surface area (Å²) in [5.41, 5.74) is 6.79. The molecule has 1 heterocycles. The van der Waals surface area contributed by atoms with Crippen LogP contribution < -0.4 is 10.3 Å². The van der Waals surface area contributed by atoms with Gasteiger partial charge in [0.25, 0.3) is 0 Å². The Bertz CT molecular complexity index is 1240. The summed E-state index contributed by atoms with van der Waals surface area (Å²) >= 11 is 0. The van der Waals surface area contributed by atoms with Crippen molar-refractivity contribution in [3.05, 3.63) is 53.1 Å². The third-order valence-electron chi connectivity index (χ3n) is 6.91. The molecule has 190 valence electrons. The van der Waals surface area contributed by atoms with Crippen molar-refractivity contribution in [3.63, 3.8) is 0 Å². The predicted octanol–water partition coefficient (Wildman–Crippen LogP) is 4.10. The number of carbonyl (C=O) groups is 2. The van der Waals surface area contributed by atoms with Crippen molar-refractivity contribution in [3.8, 4) is 5.75 Å². The van der Waals surface area contributed by atoms with Crippen molar-refractivity contribution in [1.82, 2.24) is 4.90 Å². The van der Waals surface area contributed by atoms with Gasteiger partial charge in [0, 0.05) is 0 Å². The highest BCUT2D eigenvalue weighted by Crippen LogP contribution is 2.42. The Morgan fingerprint density at radius 1 is 1.19 bits per heavy atom. The zero-order valence-electron chi connectivity index (χ0n) is 21.2. The summed E-state index contributed by atoms with van der Waals surface area (Å²) in [5.74, 6) is -1.02. The minimum atomic E-state index is -0.792. The van der Waals surface area contributed by atoms with Crippen molar-refractivity contribution in [1.29, 1.82) is 0 Å². The number of aliphatic imine (C=N–C) groups is 1. The number of hydrazone groups is 1. The standard InChI is InChI=1S/C27H33N5O4/c1-16-11-12-20(13-17(16)2)32-23(15-31(3)4)28-25(26(32)34)30-29-22-10-6-9-21(24(22)33)18-7-5-8-19(14-18)27(35)36/h6,9-13,18-19,29,33H,5,7-8,14-15H2,1-4H3,(H,35,36). The SMILES string of the molecule is Cc1ccc(N2C(=O)C(=NNc3cccc(C4CCCC(C(=O)O)C4)c3O)N=C2CN(C)C)cc1C. The molecule has 1 fully saturated rings. The molecule has 0 saturated heterocycles. The van der Waals surface area contributed by atoms with Gasteiger partial charge in [-0.25, -0.2) is 4.99 Å². The second-order valence-corrected chi connectivity index (χ2v) is 9.86. The molecule has 1 aliphatic carbocycles. The fourth-order valence-corrected chi connectivity index (χ4v) is 4.82. The smallest absolute Gasteiger partial charge is 0.306 e. The maximum absolute atomic E-state index is 13.3. The molecule has 1 saturated carbocycles. The molecule has 2 unspecified atom stereocenters. The molecule has 1 aliphatic heterocycles. The summed E-state index contributed by atoms with van der Waals surface area (Å²) in [6.45, 7) is 4.47. The van der Waals surface area contributed by atoms with E-state index in [2.05, 4.69) is 15.5 Å². The second kappa shape index (κ2) is 10.5. The Balaban J connectivity index is 1.59. The number of rotatable bonds is 7. The molecular weight excluding hydrogens is 458 g/mol. The Morgan fingerprint density at radius 2 is 1.97 bits per heavy atom. The lowest BCUT2D eigenvalue weighted by Gasteiger charge is -2.27. The maximum atomic E-state index is 13.3. The Hall–Kier alpha value is -3.72. The van der Waals surface area contributed by atoms with Crippen LogP contribution in [0, 0.1) is 19.8 Å². The average Bonchev–Trinajstić information content (AvgIpc) is 3.14. The number of benzene rings is 2. The normalized spacial score (nSPS) is 21.2. The van der Waals surface area contributed by atoms with E-state index in [1.54, 1.807) is 17.0 Å². The summed E-state index contributed by atoms with van der Waals surface area (Å²) in [5, 5.41) is 24.6. The molecule has 9 nitrogen and oxygen atoms in total. The van der Waals surface area contributed by atoms with Crippen molar-refractivity contribution in [2.24, 2.45) is 16.0 Å². The molecule has 2 aromatic carbocycles. The Morgan fingerprint density at radius 3 is 2.67 bits per heavy atom. The van der Waals surface area contributed by atoms with Crippen molar-refractivity contribution >= 4 is 34.9 Å². The minimum absolute atomic E-state index is 0.00140. The molecular formula is C27H33N5O4. The van der Waals surface area contributed by atoms with Gasteiger partial charge >= 0.3 is 11.9 Å². The van der Waals surface area contributed by atoms with E-state index in [9.17, 15) is 19.8 Å². The number of aliphatic carboxylic acids is 1. The number of para-hydroxylation sites is 1. The van der Waals surface area contributed by atoms with Crippen molar-refractivity contribution in [2.75, 3.05) is 31.0 Å². The summed E-state index contributed by atoms with van der Waals surface area (Å²) < 4.78 is 0. The Kier molecular flexibility index (Phi) is 7.40. The van der Waals surface area contributed by atoms with Gasteiger partial charge in [0.1, 0.15) is 11.6 Å². The molecule has 0 spiro atoms. The number of anilines is 2. The number of amides is 1. The number of aryl methyl sites for hydroxylation is 2. The minimum Gasteiger partial charge on any atom is -0.505 e. The number of phenolic OH excluding ortho intramolecular Hbond substituents is 1. The number of carboxylic acid groups (broad SMARTS) is 1. The van der Waals surface area contributed by atoms with Crippen molar-refractivity contribution < 1.29 is 19.8 Å². The molecule has 9 heteroatoms. The highest BCUT2D eigenvalue weighted by atomic mass is 16.4. The van der Waals surface area contributed by atoms with E-state index in [1.165, 1.54) is 0 Å². The van der Waals surface area contributed by atoms with Crippen LogP contribution in [0.5, 0.6) is 5.75 Å². The summed E-state index contributed by atoms with van der Waals surface area (Å²) in [6, 6.07) is 11.1. The topological polar surface area (TPSA) is 118 Å². The third kappa shape index (κ3) is 5.26. The molecule has 2 atom stereocenters. The largest absolute Gasteiger partial charge is 0.505 e. The van der Waals surface area contributed by atoms with Gasteiger partial charge in [-0.1, -0.05) is 24.6 Å². The van der Waals surface area contributed by atoms with Gasteiger partial charge < -0.3 is 15.1 Å². The van der Waals surface area contributed by atoms with Crippen LogP contribution >= 0.6 is 0 Å². The molecule has 36 heavy (non-hydrogen) atoms. The predicted molar refractivity (Wildman–Crippen MR) is 141 cm³/mol. The van der Waals surface area contributed by atoms with Gasteiger partial charge in [-0.05, 0) is 88.0 Å². The first-order valence-corrected chi connectivity index (χ1v) is 12.2. The number of amidine groups is 2. The van der Waals surface area contributed by atoms with E-state index >= 15 is 0 Å². The molecule has 2 aliphatic rings. The zero-order valence-corrected chi connectivity index (χ0v) is 21.2. The number of likely N-dealkylation sites (N-methyl/N-ethyl adjacent to an activating group) is 1. The first-order chi connectivity index (χ1) is 17.2. The molecule has 4 rings (SSSR count). The highest BCUT2D eigenvalue weighted by Gasteiger charge is 2.34. The molecule has 1 amide bonds. The summed E-state index contributed by atoms with van der Waals surface area (Å²) in [7, 11) is 3.81. The van der Waals surface area contributed by atoms with E-state index in [0.717, 1.165) is 29.7 Å². The fraction of sp³-hybridized carbons (Fsp3) is 0.407. The van der Waals surface area contributed by atoms with E-state index in [-0.39, 0.29) is 23.4 Å². The quantitative estimate of drug-likeness (QED) is 0.396. The fourth-order valence-electron chi connectivity index (χ4n) is 4.82. The van der Waals surface area contributed by atoms with Crippen LogP contribution in [-0.2, 0) is 9.59 Å². The van der Waals surface area contributed by atoms with E-state index < -0.39 is 11.9 Å². The first kappa shape index (κ1) is 25.4. The van der Waals surface area contributed by atoms with Crippen LogP contribution in [0.25, 0.3) is 0 Å². The molecule has 0 radical (unpaired) electrons. The number of nitrogens with zero attached hydrogens (tertiary/aromatic N) is 4. The van der Waals surface area contributed by atoms with E-state index in [4.69, 9.17) is 0 Å². The Labute approximate surface area is 211 Å². The van der Waals surface area contributed by atoms with Gasteiger partial charge in [0.15, 0.2) is 0 Å². The van der Waals surface area contributed by atoms with Crippen LogP contribution in [0.3, 0.4) is 0 Å². The van der Waals surface area contributed by atoms with Crippen LogP contribution in [0.4, 0.5) is 11.4 Å². The highest BCUT2D eigenvalue weighted by molar-refractivity contribution is 6.54. The van der Waals surface area contributed by atoms with Gasteiger partial charge in [-0.15, -0.1) is 5.10 Å². The van der Waals surface area contributed by atoms with E-state index in [1.807, 2.05) is 57.1 Å². The third-order valence-corrected chi connectivity index (χ3v) is 6.91. The van der Waals surface area contributed by atoms with Gasteiger partial charge in [0.05, 0.1) is 23.8 Å². The molecule has 0 aromatic heterocycles. The lowest BCUT2D eigenvalue weighted by Crippen LogP contribution is -2.39. The van der Waals surface area contributed by atoms with E-state index in [0.29, 0.717) is 36.5 Å². The molecule has 3 N–H and O–H groups in total.